The summed E-state index contributed by atoms with van der Waals surface area (Å²) < 4.78 is 5.13. The number of nitrogens with zero attached hydrogens (tertiary/aromatic N) is 1. The molecule has 0 heterocycles. The van der Waals surface area contributed by atoms with Crippen LogP contribution < -0.4 is 5.32 Å². The predicted molar refractivity (Wildman–Crippen MR) is 103 cm³/mol. The minimum absolute atomic E-state index is 0.234. The molecule has 0 saturated heterocycles. The molecule has 0 unspecified atom stereocenters. The van der Waals surface area contributed by atoms with Crippen LogP contribution in [0.2, 0.25) is 0 Å². The Morgan fingerprint density at radius 3 is 2.36 bits per heavy atom. The molecule has 0 radical (unpaired) electrons. The van der Waals surface area contributed by atoms with Crippen LogP contribution in [0.25, 0.3) is 0 Å². The molecule has 0 saturated carbocycles. The summed E-state index contributed by atoms with van der Waals surface area (Å²) in [6.07, 6.45) is 4.10. The van der Waals surface area contributed by atoms with Crippen LogP contribution in [0.4, 0.5) is 5.69 Å². The van der Waals surface area contributed by atoms with E-state index in [9.17, 15) is 14.4 Å². The largest absolute Gasteiger partial charge is 0.454 e. The summed E-state index contributed by atoms with van der Waals surface area (Å²) in [7, 11) is 0. The van der Waals surface area contributed by atoms with Gasteiger partial charge in [-0.1, -0.05) is 12.1 Å². The zero-order chi connectivity index (χ0) is 19.9. The van der Waals surface area contributed by atoms with Crippen LogP contribution in [0, 0.1) is 11.3 Å². The Bertz CT molecular complexity index is 942. The van der Waals surface area contributed by atoms with Gasteiger partial charge in [0.25, 0.3) is 0 Å². The van der Waals surface area contributed by atoms with Gasteiger partial charge >= 0.3 is 5.97 Å². The molecule has 0 bridgehead atoms. The summed E-state index contributed by atoms with van der Waals surface area (Å²) in [5.41, 5.74) is 3.81. The third kappa shape index (κ3) is 4.83. The Balaban J connectivity index is 1.55. The quantitative estimate of drug-likeness (QED) is 0.615. The summed E-state index contributed by atoms with van der Waals surface area (Å²) in [5, 5.41) is 11.0. The summed E-state index contributed by atoms with van der Waals surface area (Å²) in [6, 6.07) is 13.5. The van der Waals surface area contributed by atoms with Gasteiger partial charge in [-0.05, 0) is 67.1 Å². The van der Waals surface area contributed by atoms with Crippen LogP contribution >= 0.6 is 0 Å². The summed E-state index contributed by atoms with van der Waals surface area (Å²) in [6.45, 7) is -0.321. The summed E-state index contributed by atoms with van der Waals surface area (Å²) >= 11 is 0. The van der Waals surface area contributed by atoms with E-state index in [0.717, 1.165) is 19.3 Å². The zero-order valence-corrected chi connectivity index (χ0v) is 15.4. The number of carbonyl (C=O) groups is 3. The van der Waals surface area contributed by atoms with Crippen LogP contribution in [-0.2, 0) is 22.4 Å². The van der Waals surface area contributed by atoms with Gasteiger partial charge in [0.1, 0.15) is 6.42 Å². The molecule has 142 valence electrons. The predicted octanol–water partition coefficient (Wildman–Crippen LogP) is 3.46. The van der Waals surface area contributed by atoms with Crippen molar-refractivity contribution in [1.29, 1.82) is 5.26 Å². The maximum absolute atomic E-state index is 12.4. The molecule has 1 aliphatic rings. The van der Waals surface area contributed by atoms with E-state index >= 15 is 0 Å². The van der Waals surface area contributed by atoms with Crippen LogP contribution in [-0.4, -0.2) is 24.3 Å². The normalized spacial score (nSPS) is 12.4. The molecule has 0 atom stereocenters. The molecule has 3 rings (SSSR count). The number of Topliss-reactive ketones (excluding diaryl/α,β-unsaturated/α-hetero) is 1. The van der Waals surface area contributed by atoms with Crippen molar-refractivity contribution in [3.63, 3.8) is 0 Å². The molecule has 28 heavy (non-hydrogen) atoms. The van der Waals surface area contributed by atoms with E-state index in [2.05, 4.69) is 5.32 Å². The molecule has 0 aliphatic heterocycles. The second-order valence-corrected chi connectivity index (χ2v) is 6.65. The molecular weight excluding hydrogens is 356 g/mol. The van der Waals surface area contributed by atoms with Crippen molar-refractivity contribution in [2.24, 2.45) is 0 Å². The summed E-state index contributed by atoms with van der Waals surface area (Å²) in [4.78, 5) is 35.9. The van der Waals surface area contributed by atoms with E-state index < -0.39 is 11.9 Å². The molecule has 1 aliphatic carbocycles. The lowest BCUT2D eigenvalue weighted by Gasteiger charge is -2.16. The Kier molecular flexibility index (Phi) is 6.18. The Morgan fingerprint density at radius 1 is 0.964 bits per heavy atom. The smallest absolute Gasteiger partial charge is 0.338 e. The van der Waals surface area contributed by atoms with Crippen LogP contribution in [0.15, 0.2) is 42.5 Å². The van der Waals surface area contributed by atoms with Gasteiger partial charge in [0.2, 0.25) is 5.91 Å². The van der Waals surface area contributed by atoms with Gasteiger partial charge in [-0.15, -0.1) is 0 Å². The van der Waals surface area contributed by atoms with Crippen molar-refractivity contribution in [3.05, 3.63) is 64.7 Å². The SMILES string of the molecule is N#CCC(=O)Nc1ccc(C(=O)OCC(=O)c2ccc3c(c2)CCCC3)cc1. The maximum atomic E-state index is 12.4. The average Bonchev–Trinajstić information content (AvgIpc) is 2.72. The average molecular weight is 376 g/mol. The fourth-order valence-electron chi connectivity index (χ4n) is 3.17. The number of benzene rings is 2. The van der Waals surface area contributed by atoms with Crippen LogP contribution in [0.1, 0.15) is 51.1 Å². The highest BCUT2D eigenvalue weighted by atomic mass is 16.5. The number of rotatable bonds is 6. The highest BCUT2D eigenvalue weighted by molar-refractivity contribution is 5.99. The number of aryl methyl sites for hydroxylation is 2. The summed E-state index contributed by atoms with van der Waals surface area (Å²) in [5.74, 6) is -1.27. The van der Waals surface area contributed by atoms with Crippen molar-refractivity contribution in [3.8, 4) is 6.07 Å². The van der Waals surface area contributed by atoms with E-state index in [4.69, 9.17) is 10.00 Å². The van der Waals surface area contributed by atoms with Gasteiger partial charge in [-0.25, -0.2) is 4.79 Å². The number of nitrogens with one attached hydrogen (secondary N) is 1. The lowest BCUT2D eigenvalue weighted by Crippen LogP contribution is -2.15. The fourth-order valence-corrected chi connectivity index (χ4v) is 3.17. The van der Waals surface area contributed by atoms with Gasteiger partial charge in [-0.2, -0.15) is 5.26 Å². The topological polar surface area (TPSA) is 96.3 Å². The lowest BCUT2D eigenvalue weighted by molar-refractivity contribution is -0.115. The van der Waals surface area contributed by atoms with Gasteiger partial charge in [-0.3, -0.25) is 9.59 Å². The minimum atomic E-state index is -0.610. The van der Waals surface area contributed by atoms with E-state index in [1.54, 1.807) is 12.1 Å². The van der Waals surface area contributed by atoms with Gasteiger partial charge in [0.15, 0.2) is 12.4 Å². The zero-order valence-electron chi connectivity index (χ0n) is 15.4. The number of ketones is 1. The molecule has 6 heteroatoms. The van der Waals surface area contributed by atoms with E-state index in [1.807, 2.05) is 12.1 Å². The van der Waals surface area contributed by atoms with E-state index in [0.29, 0.717) is 11.3 Å². The standard InChI is InChI=1S/C22H20N2O4/c23-12-11-21(26)24-19-9-7-16(8-10-19)22(27)28-14-20(25)18-6-5-15-3-1-2-4-17(15)13-18/h5-10,13H,1-4,11,14H2,(H,24,26). The Hall–Kier alpha value is -3.46. The Labute approximate surface area is 163 Å². The number of ether oxygens (including phenoxy) is 1. The molecular formula is C22H20N2O4. The molecule has 1 N–H and O–H groups in total. The van der Waals surface area contributed by atoms with Gasteiger partial charge in [0, 0.05) is 11.3 Å². The highest BCUT2D eigenvalue weighted by Crippen LogP contribution is 2.22. The first-order valence-corrected chi connectivity index (χ1v) is 9.16. The van der Waals surface area contributed by atoms with Crippen LogP contribution in [0.5, 0.6) is 0 Å². The second-order valence-electron chi connectivity index (χ2n) is 6.65. The van der Waals surface area contributed by atoms with Crippen molar-refractivity contribution < 1.29 is 19.1 Å². The van der Waals surface area contributed by atoms with Gasteiger partial charge in [0.05, 0.1) is 11.6 Å². The third-order valence-electron chi connectivity index (χ3n) is 4.65. The Morgan fingerprint density at radius 2 is 1.64 bits per heavy atom. The van der Waals surface area contributed by atoms with E-state index in [-0.39, 0.29) is 24.4 Å². The molecule has 2 aromatic carbocycles. The van der Waals surface area contributed by atoms with Crippen molar-refractivity contribution in [2.45, 2.75) is 32.1 Å². The first-order chi connectivity index (χ1) is 13.6. The highest BCUT2D eigenvalue weighted by Gasteiger charge is 2.15. The minimum Gasteiger partial charge on any atom is -0.454 e. The first kappa shape index (κ1) is 19.3. The third-order valence-corrected chi connectivity index (χ3v) is 4.65. The number of hydrogen-bond donors (Lipinski definition) is 1. The number of amides is 1. The van der Waals surface area contributed by atoms with Crippen LogP contribution in [0.3, 0.4) is 0 Å². The number of nitriles is 1. The number of hydrogen-bond acceptors (Lipinski definition) is 5. The maximum Gasteiger partial charge on any atom is 0.338 e. The molecule has 6 nitrogen and oxygen atoms in total. The molecule has 0 aromatic heterocycles. The first-order valence-electron chi connectivity index (χ1n) is 9.16. The van der Waals surface area contributed by atoms with Crippen molar-refractivity contribution in [2.75, 3.05) is 11.9 Å². The van der Waals surface area contributed by atoms with Crippen molar-refractivity contribution in [1.82, 2.24) is 0 Å². The number of esters is 1. The monoisotopic (exact) mass is 376 g/mol. The number of anilines is 1. The molecule has 2 aromatic rings. The molecule has 0 fully saturated rings. The van der Waals surface area contributed by atoms with Crippen molar-refractivity contribution >= 4 is 23.3 Å². The second kappa shape index (κ2) is 8.96. The number of carbonyl (C=O) groups excluding carboxylic acids is 3. The molecule has 0 spiro atoms. The van der Waals surface area contributed by atoms with Gasteiger partial charge < -0.3 is 10.1 Å². The molecule has 1 amide bonds. The van der Waals surface area contributed by atoms with E-state index in [1.165, 1.54) is 41.8 Å². The lowest BCUT2D eigenvalue weighted by atomic mass is 9.90. The fraction of sp³-hybridized carbons (Fsp3) is 0.273. The number of fused-ring (bicyclic) bond motifs is 1.